The van der Waals surface area contributed by atoms with E-state index in [2.05, 4.69) is 24.4 Å². The van der Waals surface area contributed by atoms with Crippen molar-refractivity contribution in [2.45, 2.75) is 39.3 Å². The molecule has 0 aromatic heterocycles. The van der Waals surface area contributed by atoms with Crippen molar-refractivity contribution in [1.82, 2.24) is 10.2 Å². The smallest absolute Gasteiger partial charge is 0.248 e. The Morgan fingerprint density at radius 3 is 2.32 bits per heavy atom. The molecule has 1 fully saturated rings. The highest BCUT2D eigenvalue weighted by Crippen LogP contribution is 2.16. The summed E-state index contributed by atoms with van der Waals surface area (Å²) in [5, 5.41) is 2.71. The Kier molecular flexibility index (Phi) is 3.60. The number of amides is 2. The van der Waals surface area contributed by atoms with Gasteiger partial charge in [0.1, 0.15) is 5.54 Å². The first-order valence-corrected chi connectivity index (χ1v) is 6.60. The van der Waals surface area contributed by atoms with Gasteiger partial charge in [0.05, 0.1) is 6.54 Å². The van der Waals surface area contributed by atoms with Crippen LogP contribution in [0.2, 0.25) is 0 Å². The molecule has 0 spiro atoms. The van der Waals surface area contributed by atoms with E-state index in [9.17, 15) is 9.59 Å². The maximum absolute atomic E-state index is 12.2. The Balaban J connectivity index is 2.12. The highest BCUT2D eigenvalue weighted by molar-refractivity contribution is 5.97. The second-order valence-electron chi connectivity index (χ2n) is 5.50. The first kappa shape index (κ1) is 13.6. The van der Waals surface area contributed by atoms with Crippen molar-refractivity contribution in [3.63, 3.8) is 0 Å². The Labute approximate surface area is 113 Å². The first-order valence-electron chi connectivity index (χ1n) is 6.60. The number of hydrogen-bond acceptors (Lipinski definition) is 2. The Hall–Kier alpha value is -1.84. The van der Waals surface area contributed by atoms with Crippen molar-refractivity contribution in [2.24, 2.45) is 0 Å². The number of carbonyl (C=O) groups excluding carboxylic acids is 2. The summed E-state index contributed by atoms with van der Waals surface area (Å²) >= 11 is 0. The molecule has 1 N–H and O–H groups in total. The Morgan fingerprint density at radius 2 is 1.74 bits per heavy atom. The minimum atomic E-state index is -0.807. The molecular formula is C15H20N2O2. The first-order chi connectivity index (χ1) is 8.92. The number of piperazine rings is 1. The molecule has 0 unspecified atom stereocenters. The lowest BCUT2D eigenvalue weighted by molar-refractivity contribution is -0.148. The van der Waals surface area contributed by atoms with Crippen molar-refractivity contribution in [3.8, 4) is 0 Å². The van der Waals surface area contributed by atoms with Crippen LogP contribution >= 0.6 is 0 Å². The average molecular weight is 260 g/mol. The predicted octanol–water partition coefficient (Wildman–Crippen LogP) is 1.49. The summed E-state index contributed by atoms with van der Waals surface area (Å²) in [5.74, 6) is -0.138. The third-order valence-corrected chi connectivity index (χ3v) is 3.41. The van der Waals surface area contributed by atoms with E-state index in [1.165, 1.54) is 5.56 Å². The number of nitrogens with zero attached hydrogens (tertiary/aromatic N) is 1. The van der Waals surface area contributed by atoms with Gasteiger partial charge in [-0.25, -0.2) is 0 Å². The van der Waals surface area contributed by atoms with Gasteiger partial charge in [0.2, 0.25) is 11.8 Å². The largest absolute Gasteiger partial charge is 0.341 e. The van der Waals surface area contributed by atoms with E-state index in [1.807, 2.05) is 12.1 Å². The molecule has 0 saturated carbocycles. The fraction of sp³-hybridized carbons (Fsp3) is 0.467. The molecule has 4 heteroatoms. The van der Waals surface area contributed by atoms with Crippen molar-refractivity contribution in [2.75, 3.05) is 6.54 Å². The molecule has 19 heavy (non-hydrogen) atoms. The van der Waals surface area contributed by atoms with E-state index in [-0.39, 0.29) is 18.4 Å². The quantitative estimate of drug-likeness (QED) is 0.895. The average Bonchev–Trinajstić information content (AvgIpc) is 2.36. The van der Waals surface area contributed by atoms with Crippen LogP contribution in [0.3, 0.4) is 0 Å². The number of aryl methyl sites for hydroxylation is 1. The van der Waals surface area contributed by atoms with Gasteiger partial charge in [-0.15, -0.1) is 0 Å². The Morgan fingerprint density at radius 1 is 1.16 bits per heavy atom. The number of hydrogen-bond donors (Lipinski definition) is 1. The predicted molar refractivity (Wildman–Crippen MR) is 73.5 cm³/mol. The minimum absolute atomic E-state index is 0.0355. The zero-order valence-corrected chi connectivity index (χ0v) is 11.7. The lowest BCUT2D eigenvalue weighted by atomic mass is 9.99. The molecule has 2 amide bonds. The number of benzene rings is 1. The molecule has 1 aromatic carbocycles. The van der Waals surface area contributed by atoms with E-state index in [1.54, 1.807) is 18.7 Å². The molecule has 102 valence electrons. The van der Waals surface area contributed by atoms with Crippen LogP contribution in [-0.4, -0.2) is 28.8 Å². The lowest BCUT2D eigenvalue weighted by Crippen LogP contribution is -2.63. The summed E-state index contributed by atoms with van der Waals surface area (Å²) in [4.78, 5) is 25.5. The summed E-state index contributed by atoms with van der Waals surface area (Å²) in [6.07, 6.45) is 0.998. The van der Waals surface area contributed by atoms with Crippen LogP contribution < -0.4 is 5.32 Å². The van der Waals surface area contributed by atoms with Gasteiger partial charge < -0.3 is 10.2 Å². The van der Waals surface area contributed by atoms with Crippen LogP contribution in [0.1, 0.15) is 31.9 Å². The van der Waals surface area contributed by atoms with E-state index >= 15 is 0 Å². The SMILES string of the molecule is CCc1ccc(CN2CC(=O)NC(C)(C)C2=O)cc1. The maximum atomic E-state index is 12.2. The molecule has 1 heterocycles. The number of carbonyl (C=O) groups is 2. The fourth-order valence-corrected chi connectivity index (χ4v) is 2.31. The number of rotatable bonds is 3. The summed E-state index contributed by atoms with van der Waals surface area (Å²) in [7, 11) is 0. The van der Waals surface area contributed by atoms with Gasteiger partial charge in [0.15, 0.2) is 0 Å². The second kappa shape index (κ2) is 5.03. The van der Waals surface area contributed by atoms with Gasteiger partial charge >= 0.3 is 0 Å². The van der Waals surface area contributed by atoms with Crippen LogP contribution in [-0.2, 0) is 22.6 Å². The minimum Gasteiger partial charge on any atom is -0.341 e. The van der Waals surface area contributed by atoms with Crippen LogP contribution in [0, 0.1) is 0 Å². The van der Waals surface area contributed by atoms with Crippen LogP contribution in [0.25, 0.3) is 0 Å². The monoisotopic (exact) mass is 260 g/mol. The zero-order valence-electron chi connectivity index (χ0n) is 11.7. The van der Waals surface area contributed by atoms with Crippen molar-refractivity contribution < 1.29 is 9.59 Å². The zero-order chi connectivity index (χ0) is 14.0. The van der Waals surface area contributed by atoms with Crippen molar-refractivity contribution in [1.29, 1.82) is 0 Å². The fourth-order valence-electron chi connectivity index (χ4n) is 2.31. The number of nitrogens with one attached hydrogen (secondary N) is 1. The normalized spacial score (nSPS) is 18.4. The molecule has 0 bridgehead atoms. The van der Waals surface area contributed by atoms with Gasteiger partial charge in [-0.05, 0) is 31.4 Å². The molecule has 1 aliphatic heterocycles. The highest BCUT2D eigenvalue weighted by atomic mass is 16.2. The van der Waals surface area contributed by atoms with E-state index < -0.39 is 5.54 Å². The molecule has 1 saturated heterocycles. The third kappa shape index (κ3) is 2.95. The summed E-state index contributed by atoms with van der Waals surface area (Å²) < 4.78 is 0. The molecular weight excluding hydrogens is 240 g/mol. The van der Waals surface area contributed by atoms with E-state index in [4.69, 9.17) is 0 Å². The maximum Gasteiger partial charge on any atom is 0.248 e. The van der Waals surface area contributed by atoms with Crippen LogP contribution in [0.5, 0.6) is 0 Å². The van der Waals surface area contributed by atoms with E-state index in [0.717, 1.165) is 12.0 Å². The topological polar surface area (TPSA) is 49.4 Å². The molecule has 0 aliphatic carbocycles. The van der Waals surface area contributed by atoms with Gasteiger partial charge in [0, 0.05) is 6.54 Å². The standard InChI is InChI=1S/C15H20N2O2/c1-4-11-5-7-12(8-6-11)9-17-10-13(18)16-15(2,3)14(17)19/h5-8H,4,9-10H2,1-3H3,(H,16,18). The van der Waals surface area contributed by atoms with Crippen LogP contribution in [0.15, 0.2) is 24.3 Å². The second-order valence-corrected chi connectivity index (χ2v) is 5.50. The van der Waals surface area contributed by atoms with Crippen LogP contribution in [0.4, 0.5) is 0 Å². The lowest BCUT2D eigenvalue weighted by Gasteiger charge is -2.37. The van der Waals surface area contributed by atoms with Crippen molar-refractivity contribution >= 4 is 11.8 Å². The molecule has 2 rings (SSSR count). The molecule has 1 aromatic rings. The van der Waals surface area contributed by atoms with Gasteiger partial charge in [0.25, 0.3) is 0 Å². The van der Waals surface area contributed by atoms with Gasteiger partial charge in [-0.1, -0.05) is 31.2 Å². The molecule has 1 aliphatic rings. The molecule has 0 radical (unpaired) electrons. The van der Waals surface area contributed by atoms with Crippen molar-refractivity contribution in [3.05, 3.63) is 35.4 Å². The van der Waals surface area contributed by atoms with Gasteiger partial charge in [-0.2, -0.15) is 0 Å². The molecule has 0 atom stereocenters. The van der Waals surface area contributed by atoms with Gasteiger partial charge in [-0.3, -0.25) is 9.59 Å². The van der Waals surface area contributed by atoms with E-state index in [0.29, 0.717) is 6.54 Å². The highest BCUT2D eigenvalue weighted by Gasteiger charge is 2.38. The summed E-state index contributed by atoms with van der Waals surface area (Å²) in [5.41, 5.74) is 1.52. The Bertz CT molecular complexity index is 491. The third-order valence-electron chi connectivity index (χ3n) is 3.41. The molecule has 4 nitrogen and oxygen atoms in total. The summed E-state index contributed by atoms with van der Waals surface area (Å²) in [6, 6.07) is 8.17. The summed E-state index contributed by atoms with van der Waals surface area (Å²) in [6.45, 7) is 6.20.